The zero-order chi connectivity index (χ0) is 18.1. The molecule has 2 N–H and O–H groups in total. The number of ether oxygens (including phenoxy) is 1. The number of para-hydroxylation sites is 1. The van der Waals surface area contributed by atoms with Gasteiger partial charge in [-0.1, -0.05) is 18.2 Å². The molecule has 1 aliphatic rings. The number of aryl methyl sites for hydroxylation is 1. The minimum absolute atomic E-state index is 0.0221. The lowest BCUT2D eigenvalue weighted by Crippen LogP contribution is -2.52. The lowest BCUT2D eigenvalue weighted by Gasteiger charge is -2.34. The molecular weight excluding hydrogens is 320 g/mol. The SMILES string of the molecule is COCCCNC(=O)CN1CCN(C(=O)Nc2ccccc2C)CC1. The Kier molecular flexibility index (Phi) is 7.69. The highest BCUT2D eigenvalue weighted by molar-refractivity contribution is 5.90. The number of anilines is 1. The topological polar surface area (TPSA) is 73.9 Å². The largest absolute Gasteiger partial charge is 0.385 e. The third-order valence-corrected chi connectivity index (χ3v) is 4.26. The first-order valence-corrected chi connectivity index (χ1v) is 8.69. The van der Waals surface area contributed by atoms with E-state index in [0.29, 0.717) is 45.9 Å². The van der Waals surface area contributed by atoms with Crippen molar-refractivity contribution in [3.8, 4) is 0 Å². The highest BCUT2D eigenvalue weighted by Crippen LogP contribution is 2.14. The van der Waals surface area contributed by atoms with Crippen molar-refractivity contribution < 1.29 is 14.3 Å². The van der Waals surface area contributed by atoms with E-state index in [1.165, 1.54) is 0 Å². The van der Waals surface area contributed by atoms with Crippen LogP contribution in [-0.4, -0.2) is 74.7 Å². The molecule has 2 rings (SSSR count). The Balaban J connectivity index is 1.69. The van der Waals surface area contributed by atoms with Crippen molar-refractivity contribution in [1.29, 1.82) is 0 Å². The number of hydrogen-bond acceptors (Lipinski definition) is 4. The van der Waals surface area contributed by atoms with E-state index in [4.69, 9.17) is 4.74 Å². The normalized spacial score (nSPS) is 15.0. The van der Waals surface area contributed by atoms with Crippen LogP contribution in [0.2, 0.25) is 0 Å². The quantitative estimate of drug-likeness (QED) is 0.729. The van der Waals surface area contributed by atoms with E-state index in [0.717, 1.165) is 17.7 Å². The smallest absolute Gasteiger partial charge is 0.321 e. The second-order valence-electron chi connectivity index (χ2n) is 6.20. The Morgan fingerprint density at radius 3 is 2.56 bits per heavy atom. The zero-order valence-corrected chi connectivity index (χ0v) is 15.1. The van der Waals surface area contributed by atoms with Gasteiger partial charge in [-0.15, -0.1) is 0 Å². The number of carbonyl (C=O) groups excluding carboxylic acids is 2. The van der Waals surface area contributed by atoms with Gasteiger partial charge in [-0.2, -0.15) is 0 Å². The molecule has 0 aromatic heterocycles. The number of piperazine rings is 1. The summed E-state index contributed by atoms with van der Waals surface area (Å²) in [5, 5.41) is 5.84. The fraction of sp³-hybridized carbons (Fsp3) is 0.556. The molecule has 25 heavy (non-hydrogen) atoms. The summed E-state index contributed by atoms with van der Waals surface area (Å²) in [4.78, 5) is 28.1. The molecule has 0 aliphatic carbocycles. The first kappa shape index (κ1) is 19.2. The maximum absolute atomic E-state index is 12.4. The summed E-state index contributed by atoms with van der Waals surface area (Å²) < 4.78 is 4.95. The highest BCUT2D eigenvalue weighted by Gasteiger charge is 2.22. The van der Waals surface area contributed by atoms with E-state index in [2.05, 4.69) is 15.5 Å². The Bertz CT molecular complexity index is 571. The van der Waals surface area contributed by atoms with Gasteiger partial charge >= 0.3 is 6.03 Å². The average Bonchev–Trinajstić information content (AvgIpc) is 2.61. The van der Waals surface area contributed by atoms with Gasteiger partial charge in [-0.25, -0.2) is 4.79 Å². The second-order valence-corrected chi connectivity index (χ2v) is 6.20. The van der Waals surface area contributed by atoms with Crippen LogP contribution in [0, 0.1) is 6.92 Å². The van der Waals surface area contributed by atoms with Crippen LogP contribution in [0.4, 0.5) is 10.5 Å². The van der Waals surface area contributed by atoms with Gasteiger partial charge in [-0.3, -0.25) is 9.69 Å². The standard InChI is InChI=1S/C18H28N4O3/c1-15-6-3-4-7-16(15)20-18(24)22-11-9-21(10-12-22)14-17(23)19-8-5-13-25-2/h3-4,6-7H,5,8-14H2,1-2H3,(H,19,23)(H,20,24). The summed E-state index contributed by atoms with van der Waals surface area (Å²) in [5.41, 5.74) is 1.88. The summed E-state index contributed by atoms with van der Waals surface area (Å²) in [6.45, 7) is 6.27. The Morgan fingerprint density at radius 1 is 1.16 bits per heavy atom. The molecule has 3 amide bonds. The molecule has 0 atom stereocenters. The summed E-state index contributed by atoms with van der Waals surface area (Å²) in [6.07, 6.45) is 0.815. The molecule has 1 fully saturated rings. The van der Waals surface area contributed by atoms with Crippen LogP contribution in [0.3, 0.4) is 0 Å². The van der Waals surface area contributed by atoms with Crippen molar-refractivity contribution >= 4 is 17.6 Å². The Hall–Kier alpha value is -2.12. The number of benzene rings is 1. The van der Waals surface area contributed by atoms with E-state index in [1.807, 2.05) is 31.2 Å². The first-order chi connectivity index (χ1) is 12.1. The minimum atomic E-state index is -0.0852. The minimum Gasteiger partial charge on any atom is -0.385 e. The van der Waals surface area contributed by atoms with Gasteiger partial charge in [0.1, 0.15) is 0 Å². The van der Waals surface area contributed by atoms with E-state index in [1.54, 1.807) is 12.0 Å². The fourth-order valence-corrected chi connectivity index (χ4v) is 2.72. The van der Waals surface area contributed by atoms with Crippen LogP contribution >= 0.6 is 0 Å². The maximum Gasteiger partial charge on any atom is 0.321 e. The third-order valence-electron chi connectivity index (χ3n) is 4.26. The maximum atomic E-state index is 12.4. The molecule has 7 heteroatoms. The molecule has 1 heterocycles. The van der Waals surface area contributed by atoms with Gasteiger partial charge in [0.15, 0.2) is 0 Å². The first-order valence-electron chi connectivity index (χ1n) is 8.69. The van der Waals surface area contributed by atoms with E-state index in [9.17, 15) is 9.59 Å². The molecule has 7 nitrogen and oxygen atoms in total. The molecular formula is C18H28N4O3. The lowest BCUT2D eigenvalue weighted by molar-refractivity contribution is -0.122. The number of carbonyl (C=O) groups is 2. The van der Waals surface area contributed by atoms with E-state index >= 15 is 0 Å². The van der Waals surface area contributed by atoms with Gasteiger partial charge < -0.3 is 20.3 Å². The molecule has 0 saturated carbocycles. The summed E-state index contributed by atoms with van der Waals surface area (Å²) in [5.74, 6) is 0.0221. The number of nitrogens with one attached hydrogen (secondary N) is 2. The van der Waals surface area contributed by atoms with Gasteiger partial charge in [-0.05, 0) is 25.0 Å². The molecule has 1 aromatic rings. The van der Waals surface area contributed by atoms with Gasteiger partial charge in [0, 0.05) is 52.1 Å². The summed E-state index contributed by atoms with van der Waals surface area (Å²) in [6, 6.07) is 7.64. The molecule has 1 aliphatic heterocycles. The number of methoxy groups -OCH3 is 1. The van der Waals surface area contributed by atoms with Gasteiger partial charge in [0.25, 0.3) is 0 Å². The Morgan fingerprint density at radius 2 is 1.88 bits per heavy atom. The molecule has 138 valence electrons. The molecule has 1 aromatic carbocycles. The van der Waals surface area contributed by atoms with Crippen molar-refractivity contribution in [2.24, 2.45) is 0 Å². The number of urea groups is 1. The predicted molar refractivity (Wildman–Crippen MR) is 97.7 cm³/mol. The Labute approximate surface area is 149 Å². The second kappa shape index (κ2) is 10.0. The molecule has 1 saturated heterocycles. The monoisotopic (exact) mass is 348 g/mol. The average molecular weight is 348 g/mol. The zero-order valence-electron chi connectivity index (χ0n) is 15.1. The van der Waals surface area contributed by atoms with Crippen molar-refractivity contribution in [3.05, 3.63) is 29.8 Å². The predicted octanol–water partition coefficient (Wildman–Crippen LogP) is 1.30. The van der Waals surface area contributed by atoms with Crippen molar-refractivity contribution in [3.63, 3.8) is 0 Å². The number of amides is 3. The van der Waals surface area contributed by atoms with E-state index < -0.39 is 0 Å². The highest BCUT2D eigenvalue weighted by atomic mass is 16.5. The lowest BCUT2D eigenvalue weighted by atomic mass is 10.2. The van der Waals surface area contributed by atoms with Crippen LogP contribution < -0.4 is 10.6 Å². The molecule has 0 spiro atoms. The van der Waals surface area contributed by atoms with Gasteiger partial charge in [0.2, 0.25) is 5.91 Å². The van der Waals surface area contributed by atoms with Gasteiger partial charge in [0.05, 0.1) is 6.54 Å². The van der Waals surface area contributed by atoms with Crippen LogP contribution in [0.5, 0.6) is 0 Å². The fourth-order valence-electron chi connectivity index (χ4n) is 2.72. The molecule has 0 bridgehead atoms. The van der Waals surface area contributed by atoms with Crippen LogP contribution in [-0.2, 0) is 9.53 Å². The molecule has 0 radical (unpaired) electrons. The number of hydrogen-bond donors (Lipinski definition) is 2. The van der Waals surface area contributed by atoms with Crippen LogP contribution in [0.1, 0.15) is 12.0 Å². The van der Waals surface area contributed by atoms with Crippen molar-refractivity contribution in [2.45, 2.75) is 13.3 Å². The van der Waals surface area contributed by atoms with Crippen LogP contribution in [0.15, 0.2) is 24.3 Å². The molecule has 0 unspecified atom stereocenters. The summed E-state index contributed by atoms with van der Waals surface area (Å²) in [7, 11) is 1.65. The number of rotatable bonds is 7. The van der Waals surface area contributed by atoms with E-state index in [-0.39, 0.29) is 11.9 Å². The van der Waals surface area contributed by atoms with Crippen molar-refractivity contribution in [2.75, 3.05) is 58.3 Å². The van der Waals surface area contributed by atoms with Crippen molar-refractivity contribution in [1.82, 2.24) is 15.1 Å². The third kappa shape index (κ3) is 6.36. The van der Waals surface area contributed by atoms with Crippen LogP contribution in [0.25, 0.3) is 0 Å². The number of nitrogens with zero attached hydrogens (tertiary/aromatic N) is 2. The summed E-state index contributed by atoms with van der Waals surface area (Å²) >= 11 is 0.